The summed E-state index contributed by atoms with van der Waals surface area (Å²) in [4.78, 5) is 12.5. The van der Waals surface area contributed by atoms with Crippen LogP contribution in [0.2, 0.25) is 0 Å². The van der Waals surface area contributed by atoms with Gasteiger partial charge in [0, 0.05) is 18.5 Å². The Morgan fingerprint density at radius 1 is 1.12 bits per heavy atom. The molecular formula is C17H14N4O4S. The third-order valence-corrected chi connectivity index (χ3v) is 5.67. The summed E-state index contributed by atoms with van der Waals surface area (Å²) in [7, 11) is -2.20. The lowest BCUT2D eigenvalue weighted by Gasteiger charge is -2.15. The Hall–Kier alpha value is -3.20. The summed E-state index contributed by atoms with van der Waals surface area (Å²) in [5, 5.41) is 0. The number of rotatable bonds is 4. The topological polar surface area (TPSA) is 94.5 Å². The number of hydrogen-bond donors (Lipinski definition) is 0. The molecule has 26 heavy (non-hydrogen) atoms. The van der Waals surface area contributed by atoms with E-state index in [1.165, 1.54) is 25.6 Å². The zero-order chi connectivity index (χ0) is 18.1. The van der Waals surface area contributed by atoms with Gasteiger partial charge in [-0.15, -0.1) is 0 Å². The predicted molar refractivity (Wildman–Crippen MR) is 92.7 cm³/mol. The minimum atomic E-state index is -3.73. The summed E-state index contributed by atoms with van der Waals surface area (Å²) >= 11 is 0. The average Bonchev–Trinajstić information content (AvgIpc) is 2.93. The Morgan fingerprint density at radius 2 is 2.00 bits per heavy atom. The largest absolute Gasteiger partial charge is 0.497 e. The van der Waals surface area contributed by atoms with Crippen LogP contribution in [-0.2, 0) is 16.6 Å². The quantitative estimate of drug-likeness (QED) is 0.696. The van der Waals surface area contributed by atoms with Crippen LogP contribution < -0.4 is 13.8 Å². The van der Waals surface area contributed by atoms with E-state index in [1.807, 2.05) is 0 Å². The van der Waals surface area contributed by atoms with Crippen molar-refractivity contribution in [2.75, 3.05) is 11.4 Å². The van der Waals surface area contributed by atoms with Gasteiger partial charge >= 0.3 is 0 Å². The molecular weight excluding hydrogens is 356 g/mol. The van der Waals surface area contributed by atoms with Gasteiger partial charge in [-0.2, -0.15) is 4.98 Å². The first kappa shape index (κ1) is 16.3. The van der Waals surface area contributed by atoms with Gasteiger partial charge in [0.2, 0.25) is 11.8 Å². The Morgan fingerprint density at radius 3 is 2.77 bits per heavy atom. The summed E-state index contributed by atoms with van der Waals surface area (Å²) in [6, 6.07) is 9.84. The lowest BCUT2D eigenvalue weighted by Crippen LogP contribution is -2.25. The zero-order valence-corrected chi connectivity index (χ0v) is 14.5. The summed E-state index contributed by atoms with van der Waals surface area (Å²) in [5.41, 5.74) is 0.631. The third-order valence-electron chi connectivity index (χ3n) is 3.85. The fourth-order valence-corrected chi connectivity index (χ4v) is 4.18. The minimum absolute atomic E-state index is 0.0431. The molecule has 3 heterocycles. The van der Waals surface area contributed by atoms with Gasteiger partial charge in [-0.25, -0.2) is 17.7 Å². The normalized spacial score (nSPS) is 14.7. The van der Waals surface area contributed by atoms with E-state index in [1.54, 1.807) is 36.5 Å². The monoisotopic (exact) mass is 370 g/mol. The predicted octanol–water partition coefficient (Wildman–Crippen LogP) is 2.38. The van der Waals surface area contributed by atoms with Crippen LogP contribution in [0.3, 0.4) is 0 Å². The van der Waals surface area contributed by atoms with Gasteiger partial charge in [0.05, 0.1) is 24.7 Å². The number of ether oxygens (including phenoxy) is 2. The lowest BCUT2D eigenvalue weighted by atomic mass is 10.2. The van der Waals surface area contributed by atoms with Crippen molar-refractivity contribution in [1.82, 2.24) is 15.0 Å². The number of aromatic nitrogens is 3. The molecule has 8 nitrogen and oxygen atoms in total. The minimum Gasteiger partial charge on any atom is -0.497 e. The second kappa shape index (κ2) is 6.26. The number of pyridine rings is 1. The molecule has 0 N–H and O–H groups in total. The van der Waals surface area contributed by atoms with E-state index in [0.29, 0.717) is 17.1 Å². The van der Waals surface area contributed by atoms with Crippen molar-refractivity contribution in [2.45, 2.75) is 11.4 Å². The van der Waals surface area contributed by atoms with Gasteiger partial charge in [0.25, 0.3) is 10.0 Å². The first-order valence-corrected chi connectivity index (χ1v) is 9.12. The smallest absolute Gasteiger partial charge is 0.267 e. The second-order valence-electron chi connectivity index (χ2n) is 5.47. The Bertz CT molecular complexity index is 1060. The molecule has 3 aromatic rings. The standard InChI is InChI=1S/C17H14N4O4S/c1-24-13-4-5-15-12(9-13)11-21(26(15,22)23)17-19-8-6-16(20-17)25-14-3-2-7-18-10-14/h2-10H,11H2,1H3. The van der Waals surface area contributed by atoms with Gasteiger partial charge in [-0.05, 0) is 35.9 Å². The molecule has 0 radical (unpaired) electrons. The number of anilines is 1. The number of sulfonamides is 1. The summed E-state index contributed by atoms with van der Waals surface area (Å²) in [6.07, 6.45) is 4.62. The van der Waals surface area contributed by atoms with Crippen molar-refractivity contribution in [3.63, 3.8) is 0 Å². The van der Waals surface area contributed by atoms with Crippen LogP contribution >= 0.6 is 0 Å². The van der Waals surface area contributed by atoms with Crippen LogP contribution in [0, 0.1) is 0 Å². The molecule has 4 rings (SSSR count). The van der Waals surface area contributed by atoms with Crippen molar-refractivity contribution in [3.8, 4) is 17.4 Å². The highest BCUT2D eigenvalue weighted by Crippen LogP contribution is 2.35. The molecule has 0 fully saturated rings. The Balaban J connectivity index is 1.67. The first-order valence-electron chi connectivity index (χ1n) is 7.68. The molecule has 1 aliphatic heterocycles. The van der Waals surface area contributed by atoms with Crippen LogP contribution in [0.4, 0.5) is 5.95 Å². The van der Waals surface area contributed by atoms with Crippen molar-refractivity contribution in [3.05, 3.63) is 60.6 Å². The second-order valence-corrected chi connectivity index (χ2v) is 7.30. The van der Waals surface area contributed by atoms with Crippen molar-refractivity contribution < 1.29 is 17.9 Å². The van der Waals surface area contributed by atoms with Crippen LogP contribution in [0.25, 0.3) is 0 Å². The highest BCUT2D eigenvalue weighted by atomic mass is 32.2. The average molecular weight is 370 g/mol. The molecule has 9 heteroatoms. The van der Waals surface area contributed by atoms with E-state index < -0.39 is 10.0 Å². The van der Waals surface area contributed by atoms with E-state index in [0.717, 1.165) is 4.31 Å². The van der Waals surface area contributed by atoms with Crippen LogP contribution in [0.1, 0.15) is 5.56 Å². The molecule has 0 saturated heterocycles. The summed E-state index contributed by atoms with van der Waals surface area (Å²) < 4.78 is 37.5. The molecule has 0 unspecified atom stereocenters. The molecule has 1 aromatic carbocycles. The summed E-state index contributed by atoms with van der Waals surface area (Å²) in [5.74, 6) is 1.36. The molecule has 0 amide bonds. The molecule has 0 saturated carbocycles. The van der Waals surface area contributed by atoms with Crippen molar-refractivity contribution in [1.29, 1.82) is 0 Å². The van der Waals surface area contributed by atoms with Crippen LogP contribution in [-0.4, -0.2) is 30.5 Å². The first-order chi connectivity index (χ1) is 12.6. The van der Waals surface area contributed by atoms with E-state index in [4.69, 9.17) is 9.47 Å². The summed E-state index contributed by atoms with van der Waals surface area (Å²) in [6.45, 7) is 0.130. The Labute approximate surface area is 150 Å². The highest BCUT2D eigenvalue weighted by Gasteiger charge is 2.36. The number of benzene rings is 1. The maximum Gasteiger partial charge on any atom is 0.267 e. The van der Waals surface area contributed by atoms with Crippen LogP contribution in [0.5, 0.6) is 17.4 Å². The maximum absolute atomic E-state index is 12.8. The maximum atomic E-state index is 12.8. The number of fused-ring (bicyclic) bond motifs is 1. The third kappa shape index (κ3) is 2.82. The molecule has 0 spiro atoms. The molecule has 1 aliphatic rings. The van der Waals surface area contributed by atoms with E-state index in [-0.39, 0.29) is 23.3 Å². The van der Waals surface area contributed by atoms with Gasteiger partial charge in [0.1, 0.15) is 11.5 Å². The molecule has 0 atom stereocenters. The van der Waals surface area contributed by atoms with Gasteiger partial charge in [-0.3, -0.25) is 4.98 Å². The van der Waals surface area contributed by atoms with Crippen molar-refractivity contribution in [2.24, 2.45) is 0 Å². The molecule has 0 bridgehead atoms. The van der Waals surface area contributed by atoms with E-state index >= 15 is 0 Å². The zero-order valence-electron chi connectivity index (χ0n) is 13.7. The van der Waals surface area contributed by atoms with E-state index in [9.17, 15) is 8.42 Å². The lowest BCUT2D eigenvalue weighted by molar-refractivity contribution is 0.414. The molecule has 0 aliphatic carbocycles. The van der Waals surface area contributed by atoms with Crippen molar-refractivity contribution >= 4 is 16.0 Å². The molecule has 2 aromatic heterocycles. The SMILES string of the molecule is COc1ccc2c(c1)CN(c1nccc(Oc3cccnc3)n1)S2(=O)=O. The van der Waals surface area contributed by atoms with E-state index in [2.05, 4.69) is 15.0 Å². The fraction of sp³-hybridized carbons (Fsp3) is 0.118. The highest BCUT2D eigenvalue weighted by molar-refractivity contribution is 7.93. The van der Waals surface area contributed by atoms with Gasteiger partial charge in [0.15, 0.2) is 0 Å². The van der Waals surface area contributed by atoms with Crippen LogP contribution in [0.15, 0.2) is 59.9 Å². The fourth-order valence-electron chi connectivity index (χ4n) is 2.63. The number of hydrogen-bond acceptors (Lipinski definition) is 7. The Kier molecular flexibility index (Phi) is 3.92. The number of methoxy groups -OCH3 is 1. The van der Waals surface area contributed by atoms with Gasteiger partial charge < -0.3 is 9.47 Å². The number of nitrogens with zero attached hydrogens (tertiary/aromatic N) is 4. The molecule has 132 valence electrons. The van der Waals surface area contributed by atoms with Gasteiger partial charge in [-0.1, -0.05) is 0 Å².